The van der Waals surface area contributed by atoms with Gasteiger partial charge in [0.2, 0.25) is 5.91 Å². The van der Waals surface area contributed by atoms with Gasteiger partial charge < -0.3 is 15.3 Å². The first-order valence-corrected chi connectivity index (χ1v) is 8.59. The van der Waals surface area contributed by atoms with Crippen LogP contribution in [0.3, 0.4) is 0 Å². The molecule has 6 heteroatoms. The third kappa shape index (κ3) is 2.83. The van der Waals surface area contributed by atoms with E-state index in [1.54, 1.807) is 29.2 Å². The van der Waals surface area contributed by atoms with Gasteiger partial charge in [-0.3, -0.25) is 9.59 Å². The molecule has 0 aliphatic carbocycles. The molecule has 26 heavy (non-hydrogen) atoms. The van der Waals surface area contributed by atoms with E-state index in [0.717, 1.165) is 22.4 Å². The third-order valence-electron chi connectivity index (χ3n) is 5.03. The number of carbonyl (C=O) groups excluding carboxylic acids is 2. The Morgan fingerprint density at radius 3 is 2.69 bits per heavy atom. The van der Waals surface area contributed by atoms with Gasteiger partial charge in [0.25, 0.3) is 5.91 Å². The van der Waals surface area contributed by atoms with Gasteiger partial charge in [-0.2, -0.15) is 0 Å². The zero-order valence-electron chi connectivity index (χ0n) is 14.1. The summed E-state index contributed by atoms with van der Waals surface area (Å²) in [7, 11) is 0. The first-order chi connectivity index (χ1) is 12.5. The number of aryl methyl sites for hydroxylation is 1. The van der Waals surface area contributed by atoms with Crippen LogP contribution in [0.5, 0.6) is 0 Å². The molecule has 2 aromatic carbocycles. The standard InChI is InChI=1S/C20H18N2O4/c23-18-7-5-12-10-13(4-6-17(12)21-18)19(24)22-9-8-15-14(11-22)2-1-3-16(15)20(25)26/h1-4,6,10H,5,7-9,11H2,(H,21,23)(H,25,26). The molecule has 2 amide bonds. The Labute approximate surface area is 150 Å². The lowest BCUT2D eigenvalue weighted by atomic mass is 9.93. The molecule has 132 valence electrons. The van der Waals surface area contributed by atoms with Gasteiger partial charge in [-0.25, -0.2) is 4.79 Å². The van der Waals surface area contributed by atoms with Gasteiger partial charge >= 0.3 is 5.97 Å². The maximum Gasteiger partial charge on any atom is 0.335 e. The predicted molar refractivity (Wildman–Crippen MR) is 95.2 cm³/mol. The van der Waals surface area contributed by atoms with Crippen molar-refractivity contribution in [2.45, 2.75) is 25.8 Å². The molecule has 0 unspecified atom stereocenters. The minimum Gasteiger partial charge on any atom is -0.478 e. The van der Waals surface area contributed by atoms with Gasteiger partial charge in [-0.1, -0.05) is 12.1 Å². The third-order valence-corrected chi connectivity index (χ3v) is 5.03. The van der Waals surface area contributed by atoms with Gasteiger partial charge in [0.1, 0.15) is 0 Å². The van der Waals surface area contributed by atoms with Crippen molar-refractivity contribution >= 4 is 23.5 Å². The Bertz CT molecular complexity index is 935. The Morgan fingerprint density at radius 2 is 1.88 bits per heavy atom. The van der Waals surface area contributed by atoms with Crippen molar-refractivity contribution in [3.8, 4) is 0 Å². The lowest BCUT2D eigenvalue weighted by Gasteiger charge is -2.30. The van der Waals surface area contributed by atoms with E-state index in [1.807, 2.05) is 12.1 Å². The summed E-state index contributed by atoms with van der Waals surface area (Å²) in [5, 5.41) is 12.1. The van der Waals surface area contributed by atoms with Crippen LogP contribution in [0.15, 0.2) is 36.4 Å². The predicted octanol–water partition coefficient (Wildman–Crippen LogP) is 2.47. The first-order valence-electron chi connectivity index (χ1n) is 8.59. The Hall–Kier alpha value is -3.15. The van der Waals surface area contributed by atoms with Crippen LogP contribution in [0.1, 0.15) is 43.8 Å². The van der Waals surface area contributed by atoms with Crippen molar-refractivity contribution in [1.82, 2.24) is 4.90 Å². The minimum atomic E-state index is -0.932. The van der Waals surface area contributed by atoms with Gasteiger partial charge in [0.15, 0.2) is 0 Å². The van der Waals surface area contributed by atoms with Gasteiger partial charge in [-0.15, -0.1) is 0 Å². The van der Waals surface area contributed by atoms with E-state index in [0.29, 0.717) is 43.5 Å². The van der Waals surface area contributed by atoms with E-state index >= 15 is 0 Å². The summed E-state index contributed by atoms with van der Waals surface area (Å²) < 4.78 is 0. The zero-order chi connectivity index (χ0) is 18.3. The average molecular weight is 350 g/mol. The normalized spacial score (nSPS) is 15.7. The average Bonchev–Trinajstić information content (AvgIpc) is 2.66. The highest BCUT2D eigenvalue weighted by Gasteiger charge is 2.26. The monoisotopic (exact) mass is 350 g/mol. The number of carboxylic acid groups (broad SMARTS) is 1. The van der Waals surface area contributed by atoms with Crippen LogP contribution >= 0.6 is 0 Å². The zero-order valence-corrected chi connectivity index (χ0v) is 14.1. The van der Waals surface area contributed by atoms with Crippen LogP contribution in [0, 0.1) is 0 Å². The smallest absolute Gasteiger partial charge is 0.335 e. The highest BCUT2D eigenvalue weighted by Crippen LogP contribution is 2.27. The number of fused-ring (bicyclic) bond motifs is 2. The van der Waals surface area contributed by atoms with Crippen LogP contribution < -0.4 is 5.32 Å². The first kappa shape index (κ1) is 16.3. The molecule has 0 spiro atoms. The van der Waals surface area contributed by atoms with Gasteiger partial charge in [0.05, 0.1) is 5.56 Å². The summed E-state index contributed by atoms with van der Waals surface area (Å²) in [6.07, 6.45) is 1.59. The van der Waals surface area contributed by atoms with E-state index in [-0.39, 0.29) is 11.8 Å². The summed E-state index contributed by atoms with van der Waals surface area (Å²) in [4.78, 5) is 37.5. The fourth-order valence-electron chi connectivity index (χ4n) is 3.68. The van der Waals surface area contributed by atoms with E-state index < -0.39 is 5.97 Å². The number of anilines is 1. The van der Waals surface area contributed by atoms with Crippen molar-refractivity contribution in [3.05, 3.63) is 64.2 Å². The van der Waals surface area contributed by atoms with E-state index in [2.05, 4.69) is 5.32 Å². The molecule has 4 rings (SSSR count). The van der Waals surface area contributed by atoms with Gasteiger partial charge in [-0.05, 0) is 53.8 Å². The fraction of sp³-hybridized carbons (Fsp3) is 0.250. The SMILES string of the molecule is O=C1CCc2cc(C(=O)N3CCc4c(cccc4C(=O)O)C3)ccc2N1. The molecule has 2 N–H and O–H groups in total. The number of benzene rings is 2. The van der Waals surface area contributed by atoms with Crippen molar-refractivity contribution in [2.75, 3.05) is 11.9 Å². The molecule has 2 aliphatic heterocycles. The van der Waals surface area contributed by atoms with Crippen LogP contribution in [-0.4, -0.2) is 34.3 Å². The van der Waals surface area contributed by atoms with Crippen molar-refractivity contribution in [3.63, 3.8) is 0 Å². The number of hydrogen-bond acceptors (Lipinski definition) is 3. The second-order valence-electron chi connectivity index (χ2n) is 6.65. The maximum atomic E-state index is 12.9. The minimum absolute atomic E-state index is 0.00144. The quantitative estimate of drug-likeness (QED) is 0.871. The molecule has 0 fully saturated rings. The molecule has 2 aromatic rings. The Kier molecular flexibility index (Phi) is 3.95. The molecule has 0 saturated heterocycles. The van der Waals surface area contributed by atoms with Gasteiger partial charge in [0, 0.05) is 30.8 Å². The van der Waals surface area contributed by atoms with E-state index in [1.165, 1.54) is 0 Å². The summed E-state index contributed by atoms with van der Waals surface area (Å²) in [6.45, 7) is 0.896. The highest BCUT2D eigenvalue weighted by molar-refractivity contribution is 5.98. The number of carboxylic acids is 1. The van der Waals surface area contributed by atoms with Crippen molar-refractivity contribution < 1.29 is 19.5 Å². The molecule has 2 aliphatic rings. The molecule has 2 heterocycles. The molecule has 0 aromatic heterocycles. The molecule has 6 nitrogen and oxygen atoms in total. The number of nitrogens with zero attached hydrogens (tertiary/aromatic N) is 1. The molecule has 0 bridgehead atoms. The number of aromatic carboxylic acids is 1. The lowest BCUT2D eigenvalue weighted by molar-refractivity contribution is -0.116. The molecular formula is C20H18N2O4. The topological polar surface area (TPSA) is 86.7 Å². The highest BCUT2D eigenvalue weighted by atomic mass is 16.4. The maximum absolute atomic E-state index is 12.9. The summed E-state index contributed by atoms with van der Waals surface area (Å²) in [5.41, 5.74) is 4.36. The number of rotatable bonds is 2. The van der Waals surface area contributed by atoms with Crippen LogP contribution in [0.4, 0.5) is 5.69 Å². The molecular weight excluding hydrogens is 332 g/mol. The van der Waals surface area contributed by atoms with Crippen LogP contribution in [-0.2, 0) is 24.2 Å². The van der Waals surface area contributed by atoms with Crippen molar-refractivity contribution in [2.24, 2.45) is 0 Å². The number of nitrogens with one attached hydrogen (secondary N) is 1. The Balaban J connectivity index is 1.58. The lowest BCUT2D eigenvalue weighted by Crippen LogP contribution is -2.36. The summed E-state index contributed by atoms with van der Waals surface area (Å²) >= 11 is 0. The van der Waals surface area contributed by atoms with Crippen molar-refractivity contribution in [1.29, 1.82) is 0 Å². The second kappa shape index (κ2) is 6.29. The molecule has 0 radical (unpaired) electrons. The van der Waals surface area contributed by atoms with E-state index in [4.69, 9.17) is 0 Å². The largest absolute Gasteiger partial charge is 0.478 e. The fourth-order valence-corrected chi connectivity index (χ4v) is 3.68. The second-order valence-corrected chi connectivity index (χ2v) is 6.65. The van der Waals surface area contributed by atoms with E-state index in [9.17, 15) is 19.5 Å². The van der Waals surface area contributed by atoms with Crippen LogP contribution in [0.25, 0.3) is 0 Å². The Morgan fingerprint density at radius 1 is 1.04 bits per heavy atom. The summed E-state index contributed by atoms with van der Waals surface area (Å²) in [5.74, 6) is -1.01. The number of amides is 2. The number of carbonyl (C=O) groups is 3. The summed E-state index contributed by atoms with van der Waals surface area (Å²) in [6, 6.07) is 10.6. The number of hydrogen-bond donors (Lipinski definition) is 2. The van der Waals surface area contributed by atoms with Crippen LogP contribution in [0.2, 0.25) is 0 Å². The molecule has 0 saturated carbocycles. The molecule has 0 atom stereocenters.